The van der Waals surface area contributed by atoms with Crippen molar-refractivity contribution in [2.24, 2.45) is 4.99 Å². The molecule has 0 amide bonds. The Bertz CT molecular complexity index is 382. The molecule has 0 radical (unpaired) electrons. The molecule has 0 aliphatic carbocycles. The first-order valence-electron chi connectivity index (χ1n) is 4.47. The van der Waals surface area contributed by atoms with E-state index >= 15 is 0 Å². The van der Waals surface area contributed by atoms with Crippen molar-refractivity contribution in [1.82, 2.24) is 0 Å². The van der Waals surface area contributed by atoms with Crippen LogP contribution in [0, 0.1) is 0 Å². The van der Waals surface area contributed by atoms with Gasteiger partial charge in [0.2, 0.25) is 0 Å². The fraction of sp³-hybridized carbons (Fsp3) is 0.300. The predicted molar refractivity (Wildman–Crippen MR) is 60.2 cm³/mol. The molecule has 1 aliphatic rings. The zero-order valence-electron chi connectivity index (χ0n) is 7.82. The van der Waals surface area contributed by atoms with Crippen molar-refractivity contribution in [3.05, 3.63) is 28.2 Å². The van der Waals surface area contributed by atoms with E-state index < -0.39 is 0 Å². The minimum Gasteiger partial charge on any atom is -0.491 e. The molecule has 1 aliphatic heterocycles. The van der Waals surface area contributed by atoms with Crippen LogP contribution < -0.4 is 4.74 Å². The fourth-order valence-electron chi connectivity index (χ4n) is 1.18. The normalized spacial score (nSPS) is 18.9. The van der Waals surface area contributed by atoms with Gasteiger partial charge in [-0.3, -0.25) is 0 Å². The number of nitrogens with zero attached hydrogens (tertiary/aromatic N) is 1. The number of hydrogen-bond acceptors (Lipinski definition) is 3. The highest BCUT2D eigenvalue weighted by atomic mass is 35.5. The van der Waals surface area contributed by atoms with E-state index in [1.165, 1.54) is 6.40 Å². The molecule has 80 valence electrons. The van der Waals surface area contributed by atoms with Crippen LogP contribution in [-0.2, 0) is 4.74 Å². The SMILES string of the molecule is Clc1ccc(OCC2COC=N2)cc1Cl. The van der Waals surface area contributed by atoms with Gasteiger partial charge < -0.3 is 9.47 Å². The summed E-state index contributed by atoms with van der Waals surface area (Å²) in [4.78, 5) is 4.06. The lowest BCUT2D eigenvalue weighted by molar-refractivity contribution is 0.246. The Balaban J connectivity index is 1.93. The third kappa shape index (κ3) is 2.76. The first-order chi connectivity index (χ1) is 7.25. The summed E-state index contributed by atoms with van der Waals surface area (Å²) in [7, 11) is 0. The molecule has 0 aromatic heterocycles. The van der Waals surface area contributed by atoms with E-state index in [1.54, 1.807) is 18.2 Å². The highest BCUT2D eigenvalue weighted by Gasteiger charge is 2.12. The molecule has 1 atom stereocenters. The van der Waals surface area contributed by atoms with Gasteiger partial charge in [-0.2, -0.15) is 0 Å². The second-order valence-electron chi connectivity index (χ2n) is 3.13. The van der Waals surface area contributed by atoms with Crippen LogP contribution in [0.4, 0.5) is 0 Å². The second-order valence-corrected chi connectivity index (χ2v) is 3.94. The molecule has 5 heteroatoms. The highest BCUT2D eigenvalue weighted by Crippen LogP contribution is 2.26. The van der Waals surface area contributed by atoms with Gasteiger partial charge in [-0.25, -0.2) is 4.99 Å². The Hall–Kier alpha value is -0.930. The van der Waals surface area contributed by atoms with Gasteiger partial charge in [-0.1, -0.05) is 23.2 Å². The second kappa shape index (κ2) is 4.73. The molecular formula is C10H9Cl2NO2. The van der Waals surface area contributed by atoms with Gasteiger partial charge >= 0.3 is 0 Å². The lowest BCUT2D eigenvalue weighted by Crippen LogP contribution is -2.16. The summed E-state index contributed by atoms with van der Waals surface area (Å²) in [6.07, 6.45) is 1.45. The maximum atomic E-state index is 5.84. The van der Waals surface area contributed by atoms with E-state index in [0.717, 1.165) is 0 Å². The molecule has 1 heterocycles. The Morgan fingerprint density at radius 1 is 1.40 bits per heavy atom. The van der Waals surface area contributed by atoms with Gasteiger partial charge in [0, 0.05) is 6.07 Å². The minimum atomic E-state index is 0.0689. The number of halogens is 2. The van der Waals surface area contributed by atoms with Crippen molar-refractivity contribution in [2.75, 3.05) is 13.2 Å². The molecule has 0 N–H and O–H groups in total. The van der Waals surface area contributed by atoms with E-state index in [1.807, 2.05) is 0 Å². The maximum Gasteiger partial charge on any atom is 0.170 e. The summed E-state index contributed by atoms with van der Waals surface area (Å²) in [5.41, 5.74) is 0. The molecule has 0 bridgehead atoms. The average molecular weight is 246 g/mol. The Labute approximate surface area is 97.6 Å². The third-order valence-corrected chi connectivity index (χ3v) is 2.71. The predicted octanol–water partition coefficient (Wildman–Crippen LogP) is 2.80. The summed E-state index contributed by atoms with van der Waals surface area (Å²) >= 11 is 11.6. The zero-order valence-corrected chi connectivity index (χ0v) is 9.33. The molecule has 2 rings (SSSR count). The van der Waals surface area contributed by atoms with Crippen LogP contribution in [0.3, 0.4) is 0 Å². The fourth-order valence-corrected chi connectivity index (χ4v) is 1.46. The Kier molecular flexibility index (Phi) is 3.34. The van der Waals surface area contributed by atoms with Crippen LogP contribution in [0.2, 0.25) is 10.0 Å². The summed E-state index contributed by atoms with van der Waals surface area (Å²) in [5.74, 6) is 0.687. The molecule has 1 aromatic rings. The van der Waals surface area contributed by atoms with Crippen molar-refractivity contribution < 1.29 is 9.47 Å². The van der Waals surface area contributed by atoms with Crippen molar-refractivity contribution in [3.63, 3.8) is 0 Å². The molecule has 0 saturated heterocycles. The Morgan fingerprint density at radius 3 is 2.93 bits per heavy atom. The van der Waals surface area contributed by atoms with Crippen LogP contribution in [0.25, 0.3) is 0 Å². The molecule has 0 spiro atoms. The third-order valence-electron chi connectivity index (χ3n) is 1.97. The zero-order chi connectivity index (χ0) is 10.7. The van der Waals surface area contributed by atoms with E-state index in [2.05, 4.69) is 4.99 Å². The summed E-state index contributed by atoms with van der Waals surface area (Å²) in [6, 6.07) is 5.23. The van der Waals surface area contributed by atoms with Crippen LogP contribution >= 0.6 is 23.2 Å². The van der Waals surface area contributed by atoms with Crippen molar-refractivity contribution >= 4 is 29.6 Å². The van der Waals surface area contributed by atoms with Crippen molar-refractivity contribution in [3.8, 4) is 5.75 Å². The van der Waals surface area contributed by atoms with Gasteiger partial charge in [-0.15, -0.1) is 0 Å². The first-order valence-corrected chi connectivity index (χ1v) is 5.22. The van der Waals surface area contributed by atoms with Gasteiger partial charge in [0.15, 0.2) is 6.40 Å². The largest absolute Gasteiger partial charge is 0.491 e. The topological polar surface area (TPSA) is 30.8 Å². The van der Waals surface area contributed by atoms with Crippen LogP contribution in [0.1, 0.15) is 0 Å². The van der Waals surface area contributed by atoms with E-state index in [-0.39, 0.29) is 6.04 Å². The molecule has 1 unspecified atom stereocenters. The standard InChI is InChI=1S/C10H9Cl2NO2/c11-9-2-1-8(3-10(9)12)15-5-7-4-14-6-13-7/h1-3,6-7H,4-5H2. The summed E-state index contributed by atoms with van der Waals surface area (Å²) < 4.78 is 10.5. The Morgan fingerprint density at radius 2 is 2.27 bits per heavy atom. The van der Waals surface area contributed by atoms with E-state index in [9.17, 15) is 0 Å². The van der Waals surface area contributed by atoms with Crippen LogP contribution in [0.15, 0.2) is 23.2 Å². The average Bonchev–Trinajstić information content (AvgIpc) is 2.73. The van der Waals surface area contributed by atoms with Gasteiger partial charge in [0.25, 0.3) is 0 Å². The van der Waals surface area contributed by atoms with Gasteiger partial charge in [0.05, 0.1) is 10.0 Å². The number of benzene rings is 1. The molecule has 3 nitrogen and oxygen atoms in total. The molecule has 1 aromatic carbocycles. The van der Waals surface area contributed by atoms with Gasteiger partial charge in [0.1, 0.15) is 25.0 Å². The molecule has 0 saturated carbocycles. The van der Waals surface area contributed by atoms with E-state index in [0.29, 0.717) is 29.0 Å². The lowest BCUT2D eigenvalue weighted by Gasteiger charge is -2.09. The summed E-state index contributed by atoms with van der Waals surface area (Å²) in [5, 5.41) is 1.01. The minimum absolute atomic E-state index is 0.0689. The number of hydrogen-bond donors (Lipinski definition) is 0. The number of ether oxygens (including phenoxy) is 2. The van der Waals surface area contributed by atoms with E-state index in [4.69, 9.17) is 32.7 Å². The molecule has 15 heavy (non-hydrogen) atoms. The first kappa shape index (κ1) is 10.6. The van der Waals surface area contributed by atoms with Crippen LogP contribution in [0.5, 0.6) is 5.75 Å². The smallest absolute Gasteiger partial charge is 0.170 e. The molecule has 0 fully saturated rings. The number of rotatable bonds is 3. The van der Waals surface area contributed by atoms with Crippen LogP contribution in [-0.4, -0.2) is 25.7 Å². The summed E-state index contributed by atoms with van der Waals surface area (Å²) in [6.45, 7) is 1.05. The van der Waals surface area contributed by atoms with Crippen molar-refractivity contribution in [1.29, 1.82) is 0 Å². The quantitative estimate of drug-likeness (QED) is 0.820. The monoisotopic (exact) mass is 245 g/mol. The molecular weight excluding hydrogens is 237 g/mol. The number of aliphatic imine (C=N–C) groups is 1. The maximum absolute atomic E-state index is 5.84. The van der Waals surface area contributed by atoms with Gasteiger partial charge in [-0.05, 0) is 12.1 Å². The van der Waals surface area contributed by atoms with Crippen molar-refractivity contribution in [2.45, 2.75) is 6.04 Å². The highest BCUT2D eigenvalue weighted by molar-refractivity contribution is 6.42. The lowest BCUT2D eigenvalue weighted by atomic mass is 10.3.